The van der Waals surface area contributed by atoms with Gasteiger partial charge in [-0.3, -0.25) is 9.38 Å². The molecule has 2 aromatic rings. The molecule has 0 radical (unpaired) electrons. The normalized spacial score (nSPS) is 10.7. The van der Waals surface area contributed by atoms with E-state index in [9.17, 15) is 9.59 Å². The Hall–Kier alpha value is -1.43. The highest BCUT2D eigenvalue weighted by Crippen LogP contribution is 2.14. The number of fused-ring (bicyclic) bond motifs is 1. The molecule has 0 atom stereocenters. The molecule has 2 heterocycles. The Labute approximate surface area is 86.6 Å². The van der Waals surface area contributed by atoms with Crippen LogP contribution in [0.5, 0.6) is 0 Å². The van der Waals surface area contributed by atoms with Crippen LogP contribution in [-0.4, -0.2) is 14.4 Å². The highest BCUT2D eigenvalue weighted by Gasteiger charge is 2.02. The zero-order valence-electron chi connectivity index (χ0n) is 7.24. The number of halogens is 1. The summed E-state index contributed by atoms with van der Waals surface area (Å²) in [6, 6.07) is 1.67. The summed E-state index contributed by atoms with van der Waals surface area (Å²) in [5.74, 6) is 0. The Morgan fingerprint density at radius 2 is 2.21 bits per heavy atom. The van der Waals surface area contributed by atoms with E-state index >= 15 is 0 Å². The second-order valence-corrected chi connectivity index (χ2v) is 3.73. The highest BCUT2D eigenvalue weighted by atomic mass is 79.9. The van der Waals surface area contributed by atoms with Gasteiger partial charge in [0.15, 0.2) is 0 Å². The first-order valence-electron chi connectivity index (χ1n) is 3.87. The SMILES string of the molecule is Cc1cc2nc(=O)[nH]c(=O)n2cc1Br. The van der Waals surface area contributed by atoms with Crippen LogP contribution in [0.4, 0.5) is 0 Å². The Balaban J connectivity index is 3.03. The van der Waals surface area contributed by atoms with E-state index in [-0.39, 0.29) is 0 Å². The van der Waals surface area contributed by atoms with Crippen molar-refractivity contribution in [2.45, 2.75) is 6.92 Å². The van der Waals surface area contributed by atoms with Crippen LogP contribution in [0, 0.1) is 6.92 Å². The molecule has 2 aromatic heterocycles. The third-order valence-corrected chi connectivity index (χ3v) is 2.69. The predicted molar refractivity (Wildman–Crippen MR) is 54.5 cm³/mol. The van der Waals surface area contributed by atoms with Crippen LogP contribution in [-0.2, 0) is 0 Å². The molecule has 0 amide bonds. The number of hydrogen-bond acceptors (Lipinski definition) is 3. The predicted octanol–water partition coefficient (Wildman–Crippen LogP) is 0.454. The van der Waals surface area contributed by atoms with Gasteiger partial charge in [0.2, 0.25) is 0 Å². The van der Waals surface area contributed by atoms with E-state index in [1.54, 1.807) is 12.3 Å². The van der Waals surface area contributed by atoms with Crippen LogP contribution in [0.3, 0.4) is 0 Å². The average molecular weight is 256 g/mol. The number of aromatic nitrogens is 3. The van der Waals surface area contributed by atoms with Crippen LogP contribution in [0.15, 0.2) is 26.3 Å². The molecular weight excluding hydrogens is 250 g/mol. The molecule has 1 N–H and O–H groups in total. The number of aryl methyl sites for hydroxylation is 1. The molecule has 0 spiro atoms. The summed E-state index contributed by atoms with van der Waals surface area (Å²) in [6.45, 7) is 1.86. The van der Waals surface area contributed by atoms with Crippen LogP contribution < -0.4 is 11.4 Å². The number of nitrogens with zero attached hydrogens (tertiary/aromatic N) is 2. The van der Waals surface area contributed by atoms with Crippen molar-refractivity contribution in [1.82, 2.24) is 14.4 Å². The molecular formula is C8H6BrN3O2. The van der Waals surface area contributed by atoms with Crippen LogP contribution in [0.2, 0.25) is 0 Å². The van der Waals surface area contributed by atoms with E-state index < -0.39 is 11.4 Å². The summed E-state index contributed by atoms with van der Waals surface area (Å²) >= 11 is 3.29. The lowest BCUT2D eigenvalue weighted by Gasteiger charge is -2.01. The van der Waals surface area contributed by atoms with Crippen molar-refractivity contribution >= 4 is 21.6 Å². The number of rotatable bonds is 0. The zero-order valence-corrected chi connectivity index (χ0v) is 8.83. The summed E-state index contributed by atoms with van der Waals surface area (Å²) in [4.78, 5) is 28.0. The van der Waals surface area contributed by atoms with Gasteiger partial charge in [-0.2, -0.15) is 4.98 Å². The maximum Gasteiger partial charge on any atom is 0.351 e. The topological polar surface area (TPSA) is 67.2 Å². The van der Waals surface area contributed by atoms with Gasteiger partial charge in [-0.15, -0.1) is 0 Å². The molecule has 0 aliphatic rings. The quantitative estimate of drug-likeness (QED) is 0.744. The van der Waals surface area contributed by atoms with E-state index in [0.717, 1.165) is 10.0 Å². The van der Waals surface area contributed by atoms with Crippen molar-refractivity contribution in [1.29, 1.82) is 0 Å². The van der Waals surface area contributed by atoms with Gasteiger partial charge in [-0.1, -0.05) is 0 Å². The number of H-pyrrole nitrogens is 1. The number of aromatic amines is 1. The first kappa shape index (κ1) is 9.14. The van der Waals surface area contributed by atoms with Crippen LogP contribution in [0.25, 0.3) is 5.65 Å². The van der Waals surface area contributed by atoms with Crippen molar-refractivity contribution in [3.05, 3.63) is 43.3 Å². The van der Waals surface area contributed by atoms with E-state index in [2.05, 4.69) is 25.9 Å². The maximum atomic E-state index is 11.3. The Morgan fingerprint density at radius 3 is 2.93 bits per heavy atom. The molecule has 0 aromatic carbocycles. The fraction of sp³-hybridized carbons (Fsp3) is 0.125. The molecule has 0 aliphatic carbocycles. The molecule has 6 heteroatoms. The van der Waals surface area contributed by atoms with E-state index in [0.29, 0.717) is 5.65 Å². The summed E-state index contributed by atoms with van der Waals surface area (Å²) in [7, 11) is 0. The van der Waals surface area contributed by atoms with Crippen LogP contribution in [0.1, 0.15) is 5.56 Å². The fourth-order valence-electron chi connectivity index (χ4n) is 1.15. The Morgan fingerprint density at radius 1 is 1.50 bits per heavy atom. The number of hydrogen-bond donors (Lipinski definition) is 1. The van der Waals surface area contributed by atoms with Gasteiger partial charge in [0.1, 0.15) is 5.65 Å². The highest BCUT2D eigenvalue weighted by molar-refractivity contribution is 9.10. The number of nitrogens with one attached hydrogen (secondary N) is 1. The minimum atomic E-state index is -0.628. The molecule has 0 fully saturated rings. The van der Waals surface area contributed by atoms with Gasteiger partial charge in [-0.25, -0.2) is 9.59 Å². The average Bonchev–Trinajstić information content (AvgIpc) is 2.08. The van der Waals surface area contributed by atoms with Crippen molar-refractivity contribution in [2.24, 2.45) is 0 Å². The summed E-state index contributed by atoms with van der Waals surface area (Å²) in [6.07, 6.45) is 1.58. The van der Waals surface area contributed by atoms with Crippen molar-refractivity contribution < 1.29 is 0 Å². The fourth-order valence-corrected chi connectivity index (χ4v) is 1.47. The summed E-state index contributed by atoms with van der Waals surface area (Å²) in [5.41, 5.74) is 0.152. The monoisotopic (exact) mass is 255 g/mol. The van der Waals surface area contributed by atoms with Crippen molar-refractivity contribution in [3.8, 4) is 0 Å². The van der Waals surface area contributed by atoms with Crippen molar-refractivity contribution in [3.63, 3.8) is 0 Å². The van der Waals surface area contributed by atoms with E-state index in [4.69, 9.17) is 0 Å². The summed E-state index contributed by atoms with van der Waals surface area (Å²) in [5, 5.41) is 0. The Kier molecular flexibility index (Phi) is 1.99. The molecule has 0 saturated heterocycles. The maximum absolute atomic E-state index is 11.3. The van der Waals surface area contributed by atoms with E-state index in [1.165, 1.54) is 4.40 Å². The number of pyridine rings is 1. The van der Waals surface area contributed by atoms with Gasteiger partial charge < -0.3 is 0 Å². The van der Waals surface area contributed by atoms with Crippen molar-refractivity contribution in [2.75, 3.05) is 0 Å². The molecule has 0 aliphatic heterocycles. The molecule has 0 saturated carbocycles. The van der Waals surface area contributed by atoms with Crippen LogP contribution >= 0.6 is 15.9 Å². The van der Waals surface area contributed by atoms with Gasteiger partial charge in [0, 0.05) is 10.7 Å². The lowest BCUT2D eigenvalue weighted by molar-refractivity contribution is 0.898. The zero-order chi connectivity index (χ0) is 10.3. The third kappa shape index (κ3) is 1.37. The standard InChI is InChI=1S/C8H6BrN3O2/c1-4-2-6-10-7(13)11-8(14)12(6)3-5(4)9/h2-3H,1H3,(H,11,13,14). The second-order valence-electron chi connectivity index (χ2n) is 2.88. The molecule has 5 nitrogen and oxygen atoms in total. The van der Waals surface area contributed by atoms with Gasteiger partial charge in [0.25, 0.3) is 0 Å². The lowest BCUT2D eigenvalue weighted by Crippen LogP contribution is -2.28. The lowest BCUT2D eigenvalue weighted by atomic mass is 10.3. The first-order valence-corrected chi connectivity index (χ1v) is 4.66. The smallest absolute Gasteiger partial charge is 0.257 e. The largest absolute Gasteiger partial charge is 0.351 e. The van der Waals surface area contributed by atoms with E-state index in [1.807, 2.05) is 6.92 Å². The first-order chi connectivity index (χ1) is 6.58. The van der Waals surface area contributed by atoms with Gasteiger partial charge in [0.05, 0.1) is 0 Å². The molecule has 0 unspecified atom stereocenters. The van der Waals surface area contributed by atoms with Gasteiger partial charge in [-0.05, 0) is 34.5 Å². The molecule has 72 valence electrons. The molecule has 14 heavy (non-hydrogen) atoms. The minimum Gasteiger partial charge on any atom is -0.257 e. The molecule has 2 rings (SSSR count). The molecule has 0 bridgehead atoms. The minimum absolute atomic E-state index is 0.347. The second kappa shape index (κ2) is 3.06. The van der Waals surface area contributed by atoms with Gasteiger partial charge >= 0.3 is 11.4 Å². The third-order valence-electron chi connectivity index (χ3n) is 1.86. The summed E-state index contributed by atoms with van der Waals surface area (Å²) < 4.78 is 2.07. The Bertz CT molecular complexity index is 614.